The van der Waals surface area contributed by atoms with Crippen molar-refractivity contribution in [3.63, 3.8) is 0 Å². The van der Waals surface area contributed by atoms with Crippen LogP contribution in [0.5, 0.6) is 0 Å². The van der Waals surface area contributed by atoms with Crippen LogP contribution in [0.3, 0.4) is 0 Å². The predicted octanol–water partition coefficient (Wildman–Crippen LogP) is 1.26. The van der Waals surface area contributed by atoms with Crippen molar-refractivity contribution < 1.29 is 9.53 Å². The SMILES string of the molecule is CC(CCBr)OC(N)=O. The molecule has 0 spiro atoms. The number of carbonyl (C=O) groups excluding carboxylic acids is 1. The molecule has 0 aliphatic carbocycles. The second-order valence-electron chi connectivity index (χ2n) is 1.73. The summed E-state index contributed by atoms with van der Waals surface area (Å²) in [5, 5.41) is 0.821. The summed E-state index contributed by atoms with van der Waals surface area (Å²) in [7, 11) is 0. The molecule has 0 fully saturated rings. The van der Waals surface area contributed by atoms with Crippen LogP contribution in [0, 0.1) is 0 Å². The monoisotopic (exact) mass is 195 g/mol. The molecule has 1 amide bonds. The van der Waals surface area contributed by atoms with Gasteiger partial charge in [-0.15, -0.1) is 0 Å². The Labute approximate surface area is 62.7 Å². The highest BCUT2D eigenvalue weighted by Gasteiger charge is 2.02. The topological polar surface area (TPSA) is 52.3 Å². The fourth-order valence-corrected chi connectivity index (χ4v) is 1.06. The predicted molar refractivity (Wildman–Crippen MR) is 38.5 cm³/mol. The average molecular weight is 196 g/mol. The number of hydrogen-bond acceptors (Lipinski definition) is 2. The van der Waals surface area contributed by atoms with Gasteiger partial charge in [-0.05, 0) is 13.3 Å². The second-order valence-corrected chi connectivity index (χ2v) is 2.52. The van der Waals surface area contributed by atoms with Crippen molar-refractivity contribution in [1.29, 1.82) is 0 Å². The molecular formula is C5H10BrNO2. The van der Waals surface area contributed by atoms with E-state index in [0.29, 0.717) is 0 Å². The minimum absolute atomic E-state index is 0.0816. The molecule has 0 bridgehead atoms. The van der Waals surface area contributed by atoms with Crippen molar-refractivity contribution in [3.05, 3.63) is 0 Å². The lowest BCUT2D eigenvalue weighted by Gasteiger charge is -2.07. The first-order chi connectivity index (χ1) is 4.16. The van der Waals surface area contributed by atoms with Crippen LogP contribution >= 0.6 is 15.9 Å². The van der Waals surface area contributed by atoms with Crippen molar-refractivity contribution >= 4 is 22.0 Å². The highest BCUT2D eigenvalue weighted by molar-refractivity contribution is 9.09. The first kappa shape index (κ1) is 8.75. The van der Waals surface area contributed by atoms with Crippen molar-refractivity contribution in [2.45, 2.75) is 19.4 Å². The van der Waals surface area contributed by atoms with Crippen molar-refractivity contribution in [2.24, 2.45) is 5.73 Å². The Morgan fingerprint density at radius 2 is 2.44 bits per heavy atom. The van der Waals surface area contributed by atoms with E-state index >= 15 is 0 Å². The highest BCUT2D eigenvalue weighted by Crippen LogP contribution is 1.98. The smallest absolute Gasteiger partial charge is 0.404 e. The van der Waals surface area contributed by atoms with Gasteiger partial charge in [-0.3, -0.25) is 0 Å². The molecule has 3 nitrogen and oxygen atoms in total. The molecule has 1 atom stereocenters. The number of carbonyl (C=O) groups is 1. The van der Waals surface area contributed by atoms with Gasteiger partial charge in [0.1, 0.15) is 6.10 Å². The lowest BCUT2D eigenvalue weighted by Crippen LogP contribution is -2.20. The van der Waals surface area contributed by atoms with Crippen LogP contribution in [0.2, 0.25) is 0 Å². The molecule has 2 N–H and O–H groups in total. The minimum atomic E-state index is -0.705. The fourth-order valence-electron chi connectivity index (χ4n) is 0.411. The Bertz CT molecular complexity index is 97.0. The number of hydrogen-bond donors (Lipinski definition) is 1. The largest absolute Gasteiger partial charge is 0.447 e. The molecule has 1 unspecified atom stereocenters. The van der Waals surface area contributed by atoms with E-state index in [4.69, 9.17) is 5.73 Å². The van der Waals surface area contributed by atoms with Crippen molar-refractivity contribution in [1.82, 2.24) is 0 Å². The molecule has 0 aromatic rings. The molecule has 54 valence electrons. The quantitative estimate of drug-likeness (QED) is 0.690. The number of nitrogens with two attached hydrogens (primary N) is 1. The Morgan fingerprint density at radius 1 is 1.89 bits per heavy atom. The first-order valence-corrected chi connectivity index (χ1v) is 3.81. The van der Waals surface area contributed by atoms with Crippen LogP contribution < -0.4 is 5.73 Å². The number of ether oxygens (including phenoxy) is 1. The summed E-state index contributed by atoms with van der Waals surface area (Å²) in [6.07, 6.45) is 0.00785. The van der Waals surface area contributed by atoms with Crippen LogP contribution in [0.1, 0.15) is 13.3 Å². The third-order valence-electron chi connectivity index (χ3n) is 0.833. The molecule has 0 saturated carbocycles. The Kier molecular flexibility index (Phi) is 4.48. The molecule has 9 heavy (non-hydrogen) atoms. The van der Waals surface area contributed by atoms with Crippen LogP contribution in [-0.2, 0) is 4.74 Å². The lowest BCUT2D eigenvalue weighted by atomic mass is 10.3. The van der Waals surface area contributed by atoms with Gasteiger partial charge in [0, 0.05) is 5.33 Å². The summed E-state index contributed by atoms with van der Waals surface area (Å²) in [6, 6.07) is 0. The number of halogens is 1. The molecule has 0 radical (unpaired) electrons. The van der Waals surface area contributed by atoms with E-state index in [1.54, 1.807) is 6.92 Å². The van der Waals surface area contributed by atoms with Gasteiger partial charge >= 0.3 is 6.09 Å². The van der Waals surface area contributed by atoms with Gasteiger partial charge in [-0.2, -0.15) is 0 Å². The van der Waals surface area contributed by atoms with Crippen LogP contribution in [0.15, 0.2) is 0 Å². The van der Waals surface area contributed by atoms with E-state index in [-0.39, 0.29) is 6.10 Å². The zero-order valence-corrected chi connectivity index (χ0v) is 6.85. The zero-order valence-electron chi connectivity index (χ0n) is 5.26. The second kappa shape index (κ2) is 4.61. The maximum absolute atomic E-state index is 10.1. The molecule has 0 rings (SSSR count). The van der Waals surface area contributed by atoms with Crippen molar-refractivity contribution in [2.75, 3.05) is 5.33 Å². The summed E-state index contributed by atoms with van der Waals surface area (Å²) in [4.78, 5) is 10.1. The number of amides is 1. The van der Waals surface area contributed by atoms with E-state index in [1.807, 2.05) is 0 Å². The molecule has 0 heterocycles. The zero-order chi connectivity index (χ0) is 7.28. The third-order valence-corrected chi connectivity index (χ3v) is 1.29. The molecule has 0 aliphatic rings. The van der Waals surface area contributed by atoms with E-state index in [9.17, 15) is 4.79 Å². The Balaban J connectivity index is 3.26. The first-order valence-electron chi connectivity index (χ1n) is 2.69. The average Bonchev–Trinajstić information content (AvgIpc) is 1.63. The fraction of sp³-hybridized carbons (Fsp3) is 0.800. The molecule has 0 saturated heterocycles. The normalized spacial score (nSPS) is 12.7. The maximum atomic E-state index is 10.1. The Morgan fingerprint density at radius 3 is 2.78 bits per heavy atom. The third kappa shape index (κ3) is 5.62. The minimum Gasteiger partial charge on any atom is -0.447 e. The molecule has 4 heteroatoms. The van der Waals surface area contributed by atoms with Crippen LogP contribution in [0.4, 0.5) is 4.79 Å². The summed E-state index contributed by atoms with van der Waals surface area (Å²) in [5.74, 6) is 0. The molecule has 0 aliphatic heterocycles. The number of rotatable bonds is 3. The van der Waals surface area contributed by atoms with Gasteiger partial charge in [0.05, 0.1) is 0 Å². The van der Waals surface area contributed by atoms with Crippen molar-refractivity contribution in [3.8, 4) is 0 Å². The van der Waals surface area contributed by atoms with Gasteiger partial charge in [0.2, 0.25) is 0 Å². The number of alkyl halides is 1. The van der Waals surface area contributed by atoms with E-state index in [0.717, 1.165) is 11.8 Å². The summed E-state index contributed by atoms with van der Waals surface area (Å²) < 4.78 is 4.60. The lowest BCUT2D eigenvalue weighted by molar-refractivity contribution is 0.115. The molecule has 0 aromatic heterocycles. The van der Waals surface area contributed by atoms with E-state index in [1.165, 1.54) is 0 Å². The number of primary amides is 1. The standard InChI is InChI=1S/C5H10BrNO2/c1-4(2-3-6)9-5(7)8/h4H,2-3H2,1H3,(H2,7,8). The van der Waals surface area contributed by atoms with Crippen LogP contribution in [-0.4, -0.2) is 17.5 Å². The maximum Gasteiger partial charge on any atom is 0.404 e. The highest BCUT2D eigenvalue weighted by atomic mass is 79.9. The van der Waals surface area contributed by atoms with E-state index in [2.05, 4.69) is 20.7 Å². The van der Waals surface area contributed by atoms with Crippen LogP contribution in [0.25, 0.3) is 0 Å². The molecular weight excluding hydrogens is 186 g/mol. The molecule has 0 aromatic carbocycles. The summed E-state index contributed by atoms with van der Waals surface area (Å²) in [6.45, 7) is 1.80. The van der Waals surface area contributed by atoms with Gasteiger partial charge in [-0.1, -0.05) is 15.9 Å². The Hall–Kier alpha value is -0.250. The summed E-state index contributed by atoms with van der Waals surface area (Å²) >= 11 is 3.21. The van der Waals surface area contributed by atoms with Gasteiger partial charge in [0.25, 0.3) is 0 Å². The van der Waals surface area contributed by atoms with Gasteiger partial charge in [-0.25, -0.2) is 4.79 Å². The van der Waals surface area contributed by atoms with Gasteiger partial charge in [0.15, 0.2) is 0 Å². The van der Waals surface area contributed by atoms with E-state index < -0.39 is 6.09 Å². The van der Waals surface area contributed by atoms with Gasteiger partial charge < -0.3 is 10.5 Å². The summed E-state index contributed by atoms with van der Waals surface area (Å²) in [5.41, 5.74) is 4.75.